The van der Waals surface area contributed by atoms with Crippen molar-refractivity contribution in [2.24, 2.45) is 5.73 Å². The van der Waals surface area contributed by atoms with Crippen LogP contribution in [-0.2, 0) is 5.92 Å². The van der Waals surface area contributed by atoms with Crippen molar-refractivity contribution in [1.29, 1.82) is 0 Å². The van der Waals surface area contributed by atoms with E-state index in [1.165, 1.54) is 0 Å². The molecule has 0 saturated carbocycles. The van der Waals surface area contributed by atoms with E-state index in [1.54, 1.807) is 0 Å². The van der Waals surface area contributed by atoms with E-state index < -0.39 is 24.0 Å². The molecule has 0 aromatic carbocycles. The Morgan fingerprint density at radius 2 is 2.08 bits per heavy atom. The lowest BCUT2D eigenvalue weighted by molar-refractivity contribution is 0.00128. The van der Waals surface area contributed by atoms with Gasteiger partial charge >= 0.3 is 5.92 Å². The molecule has 0 amide bonds. The third-order valence-electron chi connectivity index (χ3n) is 1.36. The Labute approximate surface area is 67.2 Å². The van der Waals surface area contributed by atoms with Crippen LogP contribution in [0.25, 0.3) is 0 Å². The number of hydrogen-bond acceptors (Lipinski definition) is 2. The summed E-state index contributed by atoms with van der Waals surface area (Å²) in [4.78, 5) is 3.22. The second-order valence-electron chi connectivity index (χ2n) is 2.27. The maximum atomic E-state index is 12.7. The van der Waals surface area contributed by atoms with Gasteiger partial charge in [0.05, 0.1) is 12.7 Å². The third kappa shape index (κ3) is 1.73. The lowest BCUT2D eigenvalue weighted by atomic mass is 10.2. The Morgan fingerprint density at radius 3 is 2.50 bits per heavy atom. The molecule has 1 heterocycles. The first-order valence-corrected chi connectivity index (χ1v) is 3.26. The summed E-state index contributed by atoms with van der Waals surface area (Å²) in [7, 11) is 0. The van der Waals surface area contributed by atoms with Crippen molar-refractivity contribution in [3.05, 3.63) is 29.8 Å². The van der Waals surface area contributed by atoms with Gasteiger partial charge in [0.25, 0.3) is 0 Å². The number of nitrogens with two attached hydrogens (primary N) is 1. The first-order chi connectivity index (χ1) is 5.56. The van der Waals surface area contributed by atoms with Gasteiger partial charge in [-0.05, 0) is 12.1 Å². The van der Waals surface area contributed by atoms with Gasteiger partial charge in [0, 0.05) is 0 Å². The molecule has 1 aromatic rings. The first kappa shape index (κ1) is 8.99. The van der Waals surface area contributed by atoms with Crippen LogP contribution in [-0.4, -0.2) is 11.5 Å². The molecule has 0 atom stereocenters. The van der Waals surface area contributed by atoms with Crippen LogP contribution in [0.5, 0.6) is 0 Å². The molecule has 0 radical (unpaired) electrons. The molecule has 0 aliphatic heterocycles. The molecule has 0 fully saturated rings. The molecule has 0 spiro atoms. The van der Waals surface area contributed by atoms with Crippen molar-refractivity contribution in [1.82, 2.24) is 4.98 Å². The van der Waals surface area contributed by atoms with Crippen LogP contribution in [0.15, 0.2) is 18.3 Å². The summed E-state index contributed by atoms with van der Waals surface area (Å²) < 4.78 is 37.7. The van der Waals surface area contributed by atoms with E-state index in [-0.39, 0.29) is 0 Å². The summed E-state index contributed by atoms with van der Waals surface area (Å²) in [5.74, 6) is -3.82. The standard InChI is InChI=1S/C7H7F3N2/c8-5-1-2-6(12-3-5)7(9,10)4-11/h1-3H,4,11H2. The Morgan fingerprint density at radius 1 is 1.42 bits per heavy atom. The molecule has 0 aliphatic carbocycles. The fraction of sp³-hybridized carbons (Fsp3) is 0.286. The summed E-state index contributed by atoms with van der Waals surface area (Å²) in [6.45, 7) is -0.828. The summed E-state index contributed by atoms with van der Waals surface area (Å²) in [5, 5.41) is 0. The van der Waals surface area contributed by atoms with E-state index in [1.807, 2.05) is 0 Å². The van der Waals surface area contributed by atoms with Crippen LogP contribution < -0.4 is 5.73 Å². The molecule has 5 heteroatoms. The zero-order valence-corrected chi connectivity index (χ0v) is 6.10. The van der Waals surface area contributed by atoms with Gasteiger partial charge in [0.15, 0.2) is 0 Å². The number of nitrogens with zero attached hydrogens (tertiary/aromatic N) is 1. The molecule has 0 unspecified atom stereocenters. The molecule has 12 heavy (non-hydrogen) atoms. The average molecular weight is 176 g/mol. The minimum Gasteiger partial charge on any atom is -0.325 e. The predicted octanol–water partition coefficient (Wildman–Crippen LogP) is 1.27. The zero-order valence-electron chi connectivity index (χ0n) is 6.10. The summed E-state index contributed by atoms with van der Waals surface area (Å²) >= 11 is 0. The molecular weight excluding hydrogens is 169 g/mol. The summed E-state index contributed by atoms with van der Waals surface area (Å²) in [6.07, 6.45) is 0.735. The van der Waals surface area contributed by atoms with Gasteiger partial charge in [-0.15, -0.1) is 0 Å². The maximum Gasteiger partial charge on any atom is 0.301 e. The van der Waals surface area contributed by atoms with Crippen molar-refractivity contribution >= 4 is 0 Å². The molecule has 0 bridgehead atoms. The Kier molecular flexibility index (Phi) is 2.32. The first-order valence-electron chi connectivity index (χ1n) is 3.26. The quantitative estimate of drug-likeness (QED) is 0.736. The van der Waals surface area contributed by atoms with E-state index in [4.69, 9.17) is 5.73 Å². The van der Waals surface area contributed by atoms with Crippen molar-refractivity contribution < 1.29 is 13.2 Å². The predicted molar refractivity (Wildman–Crippen MR) is 37.1 cm³/mol. The highest BCUT2D eigenvalue weighted by Crippen LogP contribution is 2.23. The van der Waals surface area contributed by atoms with Crippen LogP contribution in [0.4, 0.5) is 13.2 Å². The lowest BCUT2D eigenvalue weighted by Crippen LogP contribution is -2.26. The molecule has 2 N–H and O–H groups in total. The molecule has 1 aromatic heterocycles. The molecule has 66 valence electrons. The summed E-state index contributed by atoms with van der Waals surface area (Å²) in [6, 6.07) is 1.84. The minimum atomic E-state index is -3.17. The molecule has 1 rings (SSSR count). The average Bonchev–Trinajstić information content (AvgIpc) is 2.05. The van der Waals surface area contributed by atoms with Crippen LogP contribution in [0, 0.1) is 5.82 Å². The molecule has 0 saturated heterocycles. The fourth-order valence-corrected chi connectivity index (χ4v) is 0.697. The van der Waals surface area contributed by atoms with Crippen molar-refractivity contribution in [3.63, 3.8) is 0 Å². The van der Waals surface area contributed by atoms with Crippen molar-refractivity contribution in [2.45, 2.75) is 5.92 Å². The Hall–Kier alpha value is -1.10. The smallest absolute Gasteiger partial charge is 0.301 e. The van der Waals surface area contributed by atoms with Crippen molar-refractivity contribution in [3.8, 4) is 0 Å². The highest BCUT2D eigenvalue weighted by atomic mass is 19.3. The third-order valence-corrected chi connectivity index (χ3v) is 1.36. The van der Waals surface area contributed by atoms with Crippen LogP contribution in [0.1, 0.15) is 5.69 Å². The van der Waals surface area contributed by atoms with E-state index in [0.717, 1.165) is 18.3 Å². The van der Waals surface area contributed by atoms with E-state index in [0.29, 0.717) is 0 Å². The topological polar surface area (TPSA) is 38.9 Å². The molecule has 2 nitrogen and oxygen atoms in total. The number of aromatic nitrogens is 1. The van der Waals surface area contributed by atoms with E-state index in [9.17, 15) is 13.2 Å². The maximum absolute atomic E-state index is 12.7. The second kappa shape index (κ2) is 3.10. The molecular formula is C7H7F3N2. The number of halogens is 3. The van der Waals surface area contributed by atoms with Crippen LogP contribution in [0.2, 0.25) is 0 Å². The van der Waals surface area contributed by atoms with E-state index in [2.05, 4.69) is 4.98 Å². The highest BCUT2D eigenvalue weighted by Gasteiger charge is 2.30. The number of rotatable bonds is 2. The number of pyridine rings is 1. The van der Waals surface area contributed by atoms with Gasteiger partial charge in [-0.3, -0.25) is 4.98 Å². The van der Waals surface area contributed by atoms with Gasteiger partial charge in [-0.1, -0.05) is 0 Å². The highest BCUT2D eigenvalue weighted by molar-refractivity contribution is 5.11. The minimum absolute atomic E-state index is 0.508. The van der Waals surface area contributed by atoms with Gasteiger partial charge in [0.2, 0.25) is 0 Å². The van der Waals surface area contributed by atoms with Gasteiger partial charge in [-0.2, -0.15) is 8.78 Å². The van der Waals surface area contributed by atoms with Gasteiger partial charge in [0.1, 0.15) is 11.5 Å². The second-order valence-corrected chi connectivity index (χ2v) is 2.27. The SMILES string of the molecule is NCC(F)(F)c1ccc(F)cn1. The normalized spacial score (nSPS) is 11.7. The zero-order chi connectivity index (χ0) is 9.19. The number of alkyl halides is 2. The van der Waals surface area contributed by atoms with Crippen LogP contribution >= 0.6 is 0 Å². The van der Waals surface area contributed by atoms with Crippen LogP contribution in [0.3, 0.4) is 0 Å². The Bertz CT molecular complexity index is 258. The number of hydrogen-bond donors (Lipinski definition) is 1. The lowest BCUT2D eigenvalue weighted by Gasteiger charge is -2.11. The monoisotopic (exact) mass is 176 g/mol. The summed E-state index contributed by atoms with van der Waals surface area (Å²) in [5.41, 5.74) is 4.28. The Balaban J connectivity index is 2.96. The van der Waals surface area contributed by atoms with Gasteiger partial charge in [-0.25, -0.2) is 4.39 Å². The fourth-order valence-electron chi connectivity index (χ4n) is 0.697. The van der Waals surface area contributed by atoms with E-state index >= 15 is 0 Å². The largest absolute Gasteiger partial charge is 0.325 e. The van der Waals surface area contributed by atoms with Crippen molar-refractivity contribution in [2.75, 3.05) is 6.54 Å². The molecule has 0 aliphatic rings. The van der Waals surface area contributed by atoms with Gasteiger partial charge < -0.3 is 5.73 Å².